The van der Waals surface area contributed by atoms with E-state index in [-0.39, 0.29) is 0 Å². The minimum Gasteiger partial charge on any atom is -0.440 e. The number of hydrogen-bond donors (Lipinski definition) is 0. The third-order valence-corrected chi connectivity index (χ3v) is 3.58. The molecule has 5 heteroatoms. The van der Waals surface area contributed by atoms with Gasteiger partial charge in [-0.3, -0.25) is 0 Å². The van der Waals surface area contributed by atoms with Gasteiger partial charge in [0.15, 0.2) is 0 Å². The highest BCUT2D eigenvalue weighted by atomic mass is 79.9. The molecule has 0 saturated heterocycles. The highest BCUT2D eigenvalue weighted by Crippen LogP contribution is 2.29. The van der Waals surface area contributed by atoms with Gasteiger partial charge >= 0.3 is 0 Å². The minimum absolute atomic E-state index is 0.365. The SMILES string of the molecule is Cc1nc(-c2csc(Br)c2)oc1CCl. The van der Waals surface area contributed by atoms with Crippen molar-refractivity contribution in [3.05, 3.63) is 26.7 Å². The average Bonchev–Trinajstić information content (AvgIpc) is 2.71. The van der Waals surface area contributed by atoms with Crippen LogP contribution >= 0.6 is 38.9 Å². The lowest BCUT2D eigenvalue weighted by Gasteiger charge is -1.87. The molecule has 2 rings (SSSR count). The van der Waals surface area contributed by atoms with Crippen molar-refractivity contribution >= 4 is 38.9 Å². The third kappa shape index (κ3) is 1.87. The molecule has 0 atom stereocenters. The van der Waals surface area contributed by atoms with Crippen molar-refractivity contribution in [2.45, 2.75) is 12.8 Å². The van der Waals surface area contributed by atoms with Gasteiger partial charge in [0.2, 0.25) is 5.89 Å². The van der Waals surface area contributed by atoms with Gasteiger partial charge in [0.25, 0.3) is 0 Å². The number of halogens is 2. The molecule has 0 aromatic carbocycles. The van der Waals surface area contributed by atoms with Gasteiger partial charge in [-0.2, -0.15) is 0 Å². The smallest absolute Gasteiger partial charge is 0.227 e. The summed E-state index contributed by atoms with van der Waals surface area (Å²) in [7, 11) is 0. The molecule has 0 aliphatic carbocycles. The fraction of sp³-hybridized carbons (Fsp3) is 0.222. The first kappa shape index (κ1) is 10.2. The Balaban J connectivity index is 2.42. The number of aryl methyl sites for hydroxylation is 1. The highest BCUT2D eigenvalue weighted by Gasteiger charge is 2.11. The molecular formula is C9H7BrClNOS. The maximum atomic E-state index is 5.70. The van der Waals surface area contributed by atoms with Crippen LogP contribution in [0.3, 0.4) is 0 Å². The second kappa shape index (κ2) is 4.04. The van der Waals surface area contributed by atoms with Gasteiger partial charge in [0, 0.05) is 10.9 Å². The van der Waals surface area contributed by atoms with Crippen molar-refractivity contribution in [1.29, 1.82) is 0 Å². The normalized spacial score (nSPS) is 10.8. The Morgan fingerprint density at radius 1 is 1.64 bits per heavy atom. The molecule has 14 heavy (non-hydrogen) atoms. The summed E-state index contributed by atoms with van der Waals surface area (Å²) in [4.78, 5) is 4.30. The molecule has 2 nitrogen and oxygen atoms in total. The summed E-state index contributed by atoms with van der Waals surface area (Å²) < 4.78 is 6.57. The van der Waals surface area contributed by atoms with Gasteiger partial charge in [-0.25, -0.2) is 4.98 Å². The Hall–Kier alpha value is -0.320. The molecule has 0 aliphatic heterocycles. The summed E-state index contributed by atoms with van der Waals surface area (Å²) in [6.45, 7) is 1.89. The number of aromatic nitrogens is 1. The fourth-order valence-electron chi connectivity index (χ4n) is 1.10. The van der Waals surface area contributed by atoms with Crippen LogP contribution in [0, 0.1) is 6.92 Å². The number of rotatable bonds is 2. The summed E-state index contributed by atoms with van der Waals surface area (Å²) in [5, 5.41) is 1.99. The molecule has 0 radical (unpaired) electrons. The molecule has 74 valence electrons. The van der Waals surface area contributed by atoms with Crippen LogP contribution < -0.4 is 0 Å². The van der Waals surface area contributed by atoms with Crippen LogP contribution in [-0.4, -0.2) is 4.98 Å². The molecule has 0 N–H and O–H groups in total. The van der Waals surface area contributed by atoms with Crippen molar-refractivity contribution in [2.24, 2.45) is 0 Å². The average molecular weight is 293 g/mol. The lowest BCUT2D eigenvalue weighted by Crippen LogP contribution is -1.76. The lowest BCUT2D eigenvalue weighted by atomic mass is 10.3. The monoisotopic (exact) mass is 291 g/mol. The first-order valence-electron chi connectivity index (χ1n) is 3.97. The Bertz CT molecular complexity index is 451. The lowest BCUT2D eigenvalue weighted by molar-refractivity contribution is 0.536. The van der Waals surface area contributed by atoms with Crippen LogP contribution in [0.4, 0.5) is 0 Å². The summed E-state index contributed by atoms with van der Waals surface area (Å²) in [6, 6.07) is 1.98. The number of thiophene rings is 1. The maximum absolute atomic E-state index is 5.70. The van der Waals surface area contributed by atoms with Gasteiger partial charge in [0.1, 0.15) is 5.76 Å². The molecule has 0 bridgehead atoms. The van der Waals surface area contributed by atoms with E-state index in [0.29, 0.717) is 11.8 Å². The van der Waals surface area contributed by atoms with E-state index in [1.165, 1.54) is 0 Å². The van der Waals surface area contributed by atoms with Gasteiger partial charge in [0.05, 0.1) is 15.4 Å². The second-order valence-corrected chi connectivity index (χ2v) is 5.36. The van der Waals surface area contributed by atoms with E-state index in [2.05, 4.69) is 20.9 Å². The largest absolute Gasteiger partial charge is 0.440 e. The van der Waals surface area contributed by atoms with Gasteiger partial charge in [-0.05, 0) is 28.9 Å². The fourth-order valence-corrected chi connectivity index (χ4v) is 2.48. The molecule has 2 heterocycles. The molecule has 0 aliphatic rings. The zero-order valence-corrected chi connectivity index (χ0v) is 10.5. The minimum atomic E-state index is 0.365. The first-order chi connectivity index (χ1) is 6.70. The number of hydrogen-bond acceptors (Lipinski definition) is 3. The molecular weight excluding hydrogens is 286 g/mol. The van der Waals surface area contributed by atoms with Crippen molar-refractivity contribution in [3.8, 4) is 11.5 Å². The van der Waals surface area contributed by atoms with Crippen molar-refractivity contribution in [3.63, 3.8) is 0 Å². The number of oxazole rings is 1. The predicted octanol–water partition coefficient (Wildman–Crippen LogP) is 4.21. The molecule has 2 aromatic heterocycles. The predicted molar refractivity (Wildman–Crippen MR) is 61.8 cm³/mol. The van der Waals surface area contributed by atoms with Gasteiger partial charge in [-0.1, -0.05) is 0 Å². The van der Waals surface area contributed by atoms with E-state index >= 15 is 0 Å². The zero-order valence-electron chi connectivity index (χ0n) is 7.38. The molecule has 0 amide bonds. The van der Waals surface area contributed by atoms with E-state index in [4.69, 9.17) is 16.0 Å². The summed E-state index contributed by atoms with van der Waals surface area (Å²) in [5.74, 6) is 1.74. The number of nitrogens with zero attached hydrogens (tertiary/aromatic N) is 1. The summed E-state index contributed by atoms with van der Waals surface area (Å²) in [6.07, 6.45) is 0. The van der Waals surface area contributed by atoms with Crippen molar-refractivity contribution in [1.82, 2.24) is 4.98 Å². The van der Waals surface area contributed by atoms with Crippen LogP contribution in [0.25, 0.3) is 11.5 Å². The highest BCUT2D eigenvalue weighted by molar-refractivity contribution is 9.11. The van der Waals surface area contributed by atoms with Crippen molar-refractivity contribution < 1.29 is 4.42 Å². The van der Waals surface area contributed by atoms with E-state index in [1.54, 1.807) is 11.3 Å². The second-order valence-electron chi connectivity index (χ2n) is 2.80. The molecule has 0 spiro atoms. The topological polar surface area (TPSA) is 26.0 Å². The third-order valence-electron chi connectivity index (χ3n) is 1.83. The Labute approximate surface area is 99.0 Å². The van der Waals surface area contributed by atoms with Crippen LogP contribution in [0.2, 0.25) is 0 Å². The molecule has 0 fully saturated rings. The maximum Gasteiger partial charge on any atom is 0.227 e. The quantitative estimate of drug-likeness (QED) is 0.775. The first-order valence-corrected chi connectivity index (χ1v) is 6.18. The van der Waals surface area contributed by atoms with E-state index in [9.17, 15) is 0 Å². The van der Waals surface area contributed by atoms with E-state index in [0.717, 1.165) is 20.8 Å². The van der Waals surface area contributed by atoms with Crippen LogP contribution in [0.15, 0.2) is 19.6 Å². The van der Waals surface area contributed by atoms with Crippen LogP contribution in [0.1, 0.15) is 11.5 Å². The van der Waals surface area contributed by atoms with Crippen LogP contribution in [-0.2, 0) is 5.88 Å². The van der Waals surface area contributed by atoms with Crippen molar-refractivity contribution in [2.75, 3.05) is 0 Å². The Kier molecular flexibility index (Phi) is 2.95. The zero-order chi connectivity index (χ0) is 10.1. The van der Waals surface area contributed by atoms with Crippen LogP contribution in [0.5, 0.6) is 0 Å². The summed E-state index contributed by atoms with van der Waals surface area (Å²) in [5.41, 5.74) is 1.85. The molecule has 0 unspecified atom stereocenters. The number of alkyl halides is 1. The van der Waals surface area contributed by atoms with E-state index < -0.39 is 0 Å². The Morgan fingerprint density at radius 3 is 2.93 bits per heavy atom. The standard InChI is InChI=1S/C9H7BrClNOS/c1-5-7(3-11)13-9(12-5)6-2-8(10)14-4-6/h2,4H,3H2,1H3. The van der Waals surface area contributed by atoms with Gasteiger partial charge < -0.3 is 4.42 Å². The Morgan fingerprint density at radius 2 is 2.43 bits per heavy atom. The van der Waals surface area contributed by atoms with E-state index in [1.807, 2.05) is 18.4 Å². The molecule has 2 aromatic rings. The molecule has 0 saturated carbocycles. The van der Waals surface area contributed by atoms with Gasteiger partial charge in [-0.15, -0.1) is 22.9 Å². The summed E-state index contributed by atoms with van der Waals surface area (Å²) >= 11 is 10.7.